The largest absolute Gasteiger partial charge is 0.479 e. The van der Waals surface area contributed by atoms with Gasteiger partial charge in [0.2, 0.25) is 5.88 Å². The number of ether oxygens (including phenoxy) is 1. The molecule has 0 aliphatic carbocycles. The molecule has 0 aliphatic heterocycles. The van der Waals surface area contributed by atoms with Gasteiger partial charge in [0.1, 0.15) is 11.5 Å². The Bertz CT molecular complexity index is 317. The van der Waals surface area contributed by atoms with Gasteiger partial charge in [-0.15, -0.1) is 0 Å². The fourth-order valence-electron chi connectivity index (χ4n) is 0.906. The maximum absolute atomic E-state index is 12.3. The van der Waals surface area contributed by atoms with Gasteiger partial charge < -0.3 is 16.2 Å². The minimum Gasteiger partial charge on any atom is -0.479 e. The Morgan fingerprint density at radius 2 is 2.08 bits per heavy atom. The van der Waals surface area contributed by atoms with Crippen molar-refractivity contribution in [1.29, 1.82) is 0 Å². The zero-order chi connectivity index (χ0) is 10.0. The molecule has 0 atom stereocenters. The van der Waals surface area contributed by atoms with E-state index in [9.17, 15) is 8.78 Å². The second kappa shape index (κ2) is 3.42. The number of nitrogen functional groups attached to an aromatic ring is 2. The van der Waals surface area contributed by atoms with Crippen LogP contribution in [0.4, 0.5) is 20.3 Å². The zero-order valence-electron chi connectivity index (χ0n) is 6.92. The van der Waals surface area contributed by atoms with Crippen LogP contribution in [0.25, 0.3) is 0 Å². The second-order valence-electron chi connectivity index (χ2n) is 2.36. The molecular weight excluding hydrogens is 180 g/mol. The molecule has 0 unspecified atom stereocenters. The predicted octanol–water partition coefficient (Wildman–Crippen LogP) is 1.19. The molecule has 1 aromatic rings. The number of methoxy groups -OCH3 is 1. The number of nitrogens with two attached hydrogens (primary N) is 2. The molecule has 0 amide bonds. The molecule has 0 spiro atoms. The number of anilines is 2. The van der Waals surface area contributed by atoms with Gasteiger partial charge in [0.05, 0.1) is 7.11 Å². The highest BCUT2D eigenvalue weighted by molar-refractivity contribution is 5.59. The highest BCUT2D eigenvalue weighted by Crippen LogP contribution is 2.31. The molecule has 4 N–H and O–H groups in total. The third kappa shape index (κ3) is 1.77. The van der Waals surface area contributed by atoms with Crippen LogP contribution in [-0.2, 0) is 0 Å². The van der Waals surface area contributed by atoms with E-state index in [-0.39, 0.29) is 22.9 Å². The van der Waals surface area contributed by atoms with E-state index in [4.69, 9.17) is 11.5 Å². The summed E-state index contributed by atoms with van der Waals surface area (Å²) in [4.78, 5) is 3.63. The van der Waals surface area contributed by atoms with Crippen LogP contribution in [0.1, 0.15) is 12.0 Å². The van der Waals surface area contributed by atoms with Gasteiger partial charge in [-0.25, -0.2) is 8.78 Å². The Balaban J connectivity index is 3.27. The number of pyridine rings is 1. The number of alkyl halides is 2. The molecular formula is C7H9F2N3O. The minimum absolute atomic E-state index is 0.0404. The monoisotopic (exact) mass is 189 g/mol. The summed E-state index contributed by atoms with van der Waals surface area (Å²) in [6, 6.07) is 1.03. The van der Waals surface area contributed by atoms with E-state index in [1.165, 1.54) is 7.11 Å². The average molecular weight is 189 g/mol. The highest BCUT2D eigenvalue weighted by Gasteiger charge is 2.16. The Morgan fingerprint density at radius 1 is 1.46 bits per heavy atom. The number of aromatic nitrogens is 1. The van der Waals surface area contributed by atoms with E-state index in [2.05, 4.69) is 9.72 Å². The lowest BCUT2D eigenvalue weighted by Gasteiger charge is -2.09. The zero-order valence-corrected chi connectivity index (χ0v) is 6.92. The summed E-state index contributed by atoms with van der Waals surface area (Å²) in [6.07, 6.45) is -2.68. The van der Waals surface area contributed by atoms with Crippen molar-refractivity contribution in [2.75, 3.05) is 18.6 Å². The van der Waals surface area contributed by atoms with Crippen molar-refractivity contribution >= 4 is 11.5 Å². The van der Waals surface area contributed by atoms with Crippen molar-refractivity contribution in [1.82, 2.24) is 4.98 Å². The van der Waals surface area contributed by atoms with Crippen molar-refractivity contribution in [3.8, 4) is 5.88 Å². The molecule has 0 radical (unpaired) electrons. The topological polar surface area (TPSA) is 74.2 Å². The first-order valence-electron chi connectivity index (χ1n) is 3.44. The van der Waals surface area contributed by atoms with Crippen LogP contribution in [0.5, 0.6) is 5.88 Å². The lowest BCUT2D eigenvalue weighted by atomic mass is 10.2. The number of halogens is 2. The van der Waals surface area contributed by atoms with E-state index >= 15 is 0 Å². The minimum atomic E-state index is -2.68. The van der Waals surface area contributed by atoms with Crippen LogP contribution in [0.3, 0.4) is 0 Å². The van der Waals surface area contributed by atoms with Crippen LogP contribution >= 0.6 is 0 Å². The molecule has 1 heterocycles. The fourth-order valence-corrected chi connectivity index (χ4v) is 0.906. The number of hydrogen-bond acceptors (Lipinski definition) is 4. The number of hydrogen-bond donors (Lipinski definition) is 2. The van der Waals surface area contributed by atoms with Crippen molar-refractivity contribution in [2.24, 2.45) is 0 Å². The molecule has 13 heavy (non-hydrogen) atoms. The molecule has 4 nitrogen and oxygen atoms in total. The van der Waals surface area contributed by atoms with Crippen LogP contribution in [-0.4, -0.2) is 12.1 Å². The second-order valence-corrected chi connectivity index (χ2v) is 2.36. The number of rotatable bonds is 2. The van der Waals surface area contributed by atoms with Gasteiger partial charge in [-0.1, -0.05) is 0 Å². The van der Waals surface area contributed by atoms with Gasteiger partial charge in [-0.05, 0) is 6.07 Å². The molecule has 0 aromatic carbocycles. The van der Waals surface area contributed by atoms with Crippen molar-refractivity contribution in [2.45, 2.75) is 6.43 Å². The first-order valence-corrected chi connectivity index (χ1v) is 3.44. The first-order chi connectivity index (χ1) is 6.06. The molecule has 0 aliphatic rings. The molecule has 72 valence electrons. The van der Waals surface area contributed by atoms with Crippen LogP contribution in [0.15, 0.2) is 6.07 Å². The van der Waals surface area contributed by atoms with Gasteiger partial charge in [-0.3, -0.25) is 0 Å². The smallest absolute Gasteiger partial charge is 0.266 e. The van der Waals surface area contributed by atoms with Gasteiger partial charge >= 0.3 is 0 Å². The average Bonchev–Trinajstić information content (AvgIpc) is 2.08. The third-order valence-corrected chi connectivity index (χ3v) is 1.50. The van der Waals surface area contributed by atoms with Crippen molar-refractivity contribution in [3.05, 3.63) is 11.6 Å². The normalized spacial score (nSPS) is 10.5. The Hall–Kier alpha value is -1.59. The standard InChI is InChI=1S/C7H9F2N3O/c1-13-7-5(11)3(6(8)9)2-4(10)12-7/h2,6H,11H2,1H3,(H2,10,12). The summed E-state index contributed by atoms with van der Waals surface area (Å²) < 4.78 is 29.3. The van der Waals surface area contributed by atoms with Crippen LogP contribution in [0.2, 0.25) is 0 Å². The Kier molecular flexibility index (Phi) is 2.50. The van der Waals surface area contributed by atoms with E-state index in [1.54, 1.807) is 0 Å². The predicted molar refractivity (Wildman–Crippen MR) is 44.6 cm³/mol. The lowest BCUT2D eigenvalue weighted by Crippen LogP contribution is -2.03. The number of nitrogens with zero attached hydrogens (tertiary/aromatic N) is 1. The summed E-state index contributed by atoms with van der Waals surface area (Å²) in [5.41, 5.74) is 10.1. The van der Waals surface area contributed by atoms with Gasteiger partial charge in [-0.2, -0.15) is 4.98 Å². The molecule has 1 rings (SSSR count). The molecule has 1 aromatic heterocycles. The first kappa shape index (κ1) is 9.50. The van der Waals surface area contributed by atoms with Crippen LogP contribution < -0.4 is 16.2 Å². The van der Waals surface area contributed by atoms with E-state index in [1.807, 2.05) is 0 Å². The molecule has 0 saturated heterocycles. The highest BCUT2D eigenvalue weighted by atomic mass is 19.3. The summed E-state index contributed by atoms with van der Waals surface area (Å²) in [6.45, 7) is 0. The summed E-state index contributed by atoms with van der Waals surface area (Å²) >= 11 is 0. The lowest BCUT2D eigenvalue weighted by molar-refractivity contribution is 0.152. The SMILES string of the molecule is COc1nc(N)cc(C(F)F)c1N. The molecule has 0 fully saturated rings. The summed E-state index contributed by atoms with van der Waals surface area (Å²) in [7, 11) is 1.29. The third-order valence-electron chi connectivity index (χ3n) is 1.50. The fraction of sp³-hybridized carbons (Fsp3) is 0.286. The van der Waals surface area contributed by atoms with E-state index in [0.29, 0.717) is 0 Å². The Labute approximate surface area is 73.5 Å². The van der Waals surface area contributed by atoms with E-state index in [0.717, 1.165) is 6.07 Å². The maximum atomic E-state index is 12.3. The van der Waals surface area contributed by atoms with E-state index < -0.39 is 6.43 Å². The molecule has 0 saturated carbocycles. The Morgan fingerprint density at radius 3 is 2.54 bits per heavy atom. The van der Waals surface area contributed by atoms with Gasteiger partial charge in [0, 0.05) is 5.56 Å². The van der Waals surface area contributed by atoms with Crippen molar-refractivity contribution in [3.63, 3.8) is 0 Å². The van der Waals surface area contributed by atoms with Crippen LogP contribution in [0, 0.1) is 0 Å². The van der Waals surface area contributed by atoms with Gasteiger partial charge in [0.15, 0.2) is 0 Å². The van der Waals surface area contributed by atoms with Gasteiger partial charge in [0.25, 0.3) is 6.43 Å². The van der Waals surface area contributed by atoms with Crippen molar-refractivity contribution < 1.29 is 13.5 Å². The quantitative estimate of drug-likeness (QED) is 0.732. The summed E-state index contributed by atoms with van der Waals surface area (Å²) in [5.74, 6) is -0.114. The molecule has 6 heteroatoms. The summed E-state index contributed by atoms with van der Waals surface area (Å²) in [5, 5.41) is 0. The molecule has 0 bridgehead atoms. The maximum Gasteiger partial charge on any atom is 0.266 e.